The van der Waals surface area contributed by atoms with Gasteiger partial charge in [-0.1, -0.05) is 12.1 Å². The lowest BCUT2D eigenvalue weighted by Gasteiger charge is -2.29. The molecule has 0 bridgehead atoms. The molecule has 3 heterocycles. The fourth-order valence-electron chi connectivity index (χ4n) is 4.96. The fourth-order valence-corrected chi connectivity index (χ4v) is 4.96. The number of nitrogens with zero attached hydrogens (tertiary/aromatic N) is 1. The number of fused-ring (bicyclic) bond motifs is 1. The Morgan fingerprint density at radius 2 is 1.96 bits per heavy atom. The van der Waals surface area contributed by atoms with E-state index in [2.05, 4.69) is 22.0 Å². The van der Waals surface area contributed by atoms with Gasteiger partial charge in [0.05, 0.1) is 0 Å². The zero-order chi connectivity index (χ0) is 19.3. The maximum Gasteiger partial charge on any atom is 0.255 e. The number of rotatable bonds is 5. The average molecular weight is 382 g/mol. The summed E-state index contributed by atoms with van der Waals surface area (Å²) >= 11 is 0. The quantitative estimate of drug-likeness (QED) is 0.652. The minimum Gasteiger partial charge on any atom is -0.322 e. The van der Waals surface area contributed by atoms with Crippen LogP contribution in [0.25, 0.3) is 0 Å². The molecule has 7 nitrogen and oxygen atoms in total. The fraction of sp³-hybridized carbons (Fsp3) is 0.571. The molecule has 148 valence electrons. The third-order valence-corrected chi connectivity index (χ3v) is 6.63. The number of imide groups is 1. The van der Waals surface area contributed by atoms with Crippen molar-refractivity contribution in [2.24, 2.45) is 5.92 Å². The smallest absolute Gasteiger partial charge is 0.255 e. The molecule has 1 aliphatic carbocycles. The molecule has 1 aromatic rings. The molecule has 0 spiro atoms. The number of piperidine rings is 1. The summed E-state index contributed by atoms with van der Waals surface area (Å²) in [5.74, 6) is 0.0860. The molecule has 1 aromatic carbocycles. The van der Waals surface area contributed by atoms with Crippen LogP contribution in [0, 0.1) is 5.92 Å². The van der Waals surface area contributed by atoms with E-state index in [9.17, 15) is 14.4 Å². The topological polar surface area (TPSA) is 90.5 Å². The van der Waals surface area contributed by atoms with Crippen LogP contribution in [-0.4, -0.2) is 47.3 Å². The van der Waals surface area contributed by atoms with Crippen LogP contribution in [-0.2, 0) is 22.7 Å². The lowest BCUT2D eigenvalue weighted by atomic mass is 10.0. The van der Waals surface area contributed by atoms with E-state index in [1.807, 2.05) is 12.1 Å². The average Bonchev–Trinajstić information content (AvgIpc) is 3.33. The van der Waals surface area contributed by atoms with E-state index in [0.717, 1.165) is 36.6 Å². The Labute approximate surface area is 164 Å². The Hall–Kier alpha value is -2.25. The largest absolute Gasteiger partial charge is 0.322 e. The molecule has 7 heteroatoms. The van der Waals surface area contributed by atoms with Gasteiger partial charge in [-0.25, -0.2) is 0 Å². The predicted octanol–water partition coefficient (Wildman–Crippen LogP) is 0.678. The number of nitrogens with one attached hydrogen (secondary N) is 3. The molecule has 0 radical (unpaired) electrons. The molecule has 0 aromatic heterocycles. The highest BCUT2D eigenvalue weighted by Crippen LogP contribution is 2.36. The van der Waals surface area contributed by atoms with Crippen LogP contribution in [0.1, 0.15) is 53.6 Å². The summed E-state index contributed by atoms with van der Waals surface area (Å²) in [6.45, 7) is 2.23. The molecule has 1 saturated carbocycles. The summed E-state index contributed by atoms with van der Waals surface area (Å²) in [5.41, 5.74) is 2.83. The van der Waals surface area contributed by atoms with Crippen molar-refractivity contribution in [2.45, 2.75) is 63.3 Å². The van der Waals surface area contributed by atoms with Crippen LogP contribution < -0.4 is 16.0 Å². The van der Waals surface area contributed by atoms with Crippen molar-refractivity contribution in [3.8, 4) is 0 Å². The summed E-state index contributed by atoms with van der Waals surface area (Å²) in [7, 11) is 0. The van der Waals surface area contributed by atoms with Gasteiger partial charge in [0.15, 0.2) is 0 Å². The molecule has 4 aliphatic rings. The van der Waals surface area contributed by atoms with Crippen molar-refractivity contribution >= 4 is 17.7 Å². The molecule has 3 N–H and O–H groups in total. The summed E-state index contributed by atoms with van der Waals surface area (Å²) in [6.07, 6.45) is 4.46. The Bertz CT molecular complexity index is 835. The van der Waals surface area contributed by atoms with Crippen LogP contribution in [0.5, 0.6) is 0 Å². The van der Waals surface area contributed by atoms with Crippen LogP contribution in [0.15, 0.2) is 18.2 Å². The number of amides is 3. The number of hydrogen-bond acceptors (Lipinski definition) is 5. The first-order valence-electron chi connectivity index (χ1n) is 10.3. The van der Waals surface area contributed by atoms with Crippen molar-refractivity contribution in [3.05, 3.63) is 34.9 Å². The first-order valence-corrected chi connectivity index (χ1v) is 10.3. The standard InChI is InChI=1S/C21H26N4O3/c26-18-7-6-17(20(27)24-18)25-11-15-13(2-1-3-14(15)21(25)28)10-23-16-8-9-22-19(16)12-4-5-12/h1-3,12,16-17,19,22-23H,4-11H2,(H,24,26,27)/t16-,17?,19+/m1/s1. The van der Waals surface area contributed by atoms with E-state index in [-0.39, 0.29) is 24.1 Å². The highest BCUT2D eigenvalue weighted by Gasteiger charge is 2.41. The van der Waals surface area contributed by atoms with Crippen molar-refractivity contribution in [1.29, 1.82) is 0 Å². The van der Waals surface area contributed by atoms with Crippen molar-refractivity contribution in [3.63, 3.8) is 0 Å². The summed E-state index contributed by atoms with van der Waals surface area (Å²) in [6, 6.07) is 6.33. The van der Waals surface area contributed by atoms with Crippen molar-refractivity contribution in [2.75, 3.05) is 6.54 Å². The maximum atomic E-state index is 12.9. The lowest BCUT2D eigenvalue weighted by Crippen LogP contribution is -2.52. The Kier molecular flexibility index (Phi) is 4.44. The summed E-state index contributed by atoms with van der Waals surface area (Å²) < 4.78 is 0. The van der Waals surface area contributed by atoms with Gasteiger partial charge >= 0.3 is 0 Å². The monoisotopic (exact) mass is 382 g/mol. The Morgan fingerprint density at radius 3 is 2.75 bits per heavy atom. The minimum absolute atomic E-state index is 0.107. The number of carbonyl (C=O) groups excluding carboxylic acids is 3. The van der Waals surface area contributed by atoms with Gasteiger partial charge in [-0.3, -0.25) is 19.7 Å². The number of carbonyl (C=O) groups is 3. The van der Waals surface area contributed by atoms with E-state index in [1.165, 1.54) is 12.8 Å². The van der Waals surface area contributed by atoms with Crippen LogP contribution >= 0.6 is 0 Å². The van der Waals surface area contributed by atoms with E-state index < -0.39 is 6.04 Å². The van der Waals surface area contributed by atoms with Gasteiger partial charge in [-0.2, -0.15) is 0 Å². The second-order valence-electron chi connectivity index (χ2n) is 8.44. The van der Waals surface area contributed by atoms with Gasteiger partial charge in [0.25, 0.3) is 5.91 Å². The predicted molar refractivity (Wildman–Crippen MR) is 102 cm³/mol. The van der Waals surface area contributed by atoms with Gasteiger partial charge in [-0.05, 0) is 55.3 Å². The van der Waals surface area contributed by atoms with E-state index in [4.69, 9.17) is 0 Å². The van der Waals surface area contributed by atoms with E-state index in [1.54, 1.807) is 4.90 Å². The van der Waals surface area contributed by atoms with E-state index in [0.29, 0.717) is 30.6 Å². The van der Waals surface area contributed by atoms with Gasteiger partial charge in [-0.15, -0.1) is 0 Å². The first-order chi connectivity index (χ1) is 13.6. The normalized spacial score (nSPS) is 29.9. The van der Waals surface area contributed by atoms with Crippen LogP contribution in [0.3, 0.4) is 0 Å². The second kappa shape index (κ2) is 6.97. The van der Waals surface area contributed by atoms with Crippen LogP contribution in [0.2, 0.25) is 0 Å². The highest BCUT2D eigenvalue weighted by atomic mass is 16.2. The molecule has 2 saturated heterocycles. The van der Waals surface area contributed by atoms with Gasteiger partial charge < -0.3 is 15.5 Å². The number of benzene rings is 1. The Balaban J connectivity index is 1.30. The van der Waals surface area contributed by atoms with Gasteiger partial charge in [0, 0.05) is 37.2 Å². The van der Waals surface area contributed by atoms with Crippen molar-refractivity contribution in [1.82, 2.24) is 20.9 Å². The van der Waals surface area contributed by atoms with Gasteiger partial charge in [0.2, 0.25) is 11.8 Å². The molecule has 3 fully saturated rings. The number of hydrogen-bond donors (Lipinski definition) is 3. The lowest BCUT2D eigenvalue weighted by molar-refractivity contribution is -0.136. The molecule has 3 aliphatic heterocycles. The summed E-state index contributed by atoms with van der Waals surface area (Å²) in [5, 5.41) is 9.69. The molecule has 1 unspecified atom stereocenters. The molecular formula is C21H26N4O3. The minimum atomic E-state index is -0.559. The van der Waals surface area contributed by atoms with E-state index >= 15 is 0 Å². The molecule has 3 amide bonds. The second-order valence-corrected chi connectivity index (χ2v) is 8.44. The molecule has 5 rings (SSSR count). The SMILES string of the molecule is O=C1CCC(N2Cc3c(CN[C@@H]4CCN[C@H]4C4CC4)cccc3C2=O)C(=O)N1. The highest BCUT2D eigenvalue weighted by molar-refractivity contribution is 6.05. The maximum absolute atomic E-state index is 12.9. The van der Waals surface area contributed by atoms with Crippen LogP contribution in [0.4, 0.5) is 0 Å². The molecule has 3 atom stereocenters. The zero-order valence-corrected chi connectivity index (χ0v) is 15.9. The molecular weight excluding hydrogens is 356 g/mol. The Morgan fingerprint density at radius 1 is 1.11 bits per heavy atom. The molecule has 28 heavy (non-hydrogen) atoms. The third kappa shape index (κ3) is 3.12. The first kappa shape index (κ1) is 17.8. The zero-order valence-electron chi connectivity index (χ0n) is 15.9. The summed E-state index contributed by atoms with van der Waals surface area (Å²) in [4.78, 5) is 38.2. The van der Waals surface area contributed by atoms with Gasteiger partial charge in [0.1, 0.15) is 6.04 Å². The van der Waals surface area contributed by atoms with Crippen molar-refractivity contribution < 1.29 is 14.4 Å². The third-order valence-electron chi connectivity index (χ3n) is 6.63.